The number of aryl methyl sites for hydroxylation is 1. The first kappa shape index (κ1) is 19.7. The van der Waals surface area contributed by atoms with E-state index in [9.17, 15) is 4.79 Å². The second kappa shape index (κ2) is 9.73. The van der Waals surface area contributed by atoms with Crippen molar-refractivity contribution in [2.45, 2.75) is 51.9 Å². The lowest BCUT2D eigenvalue weighted by Gasteiger charge is -2.26. The van der Waals surface area contributed by atoms with Crippen LogP contribution >= 0.6 is 0 Å². The molecular weight excluding hydrogens is 306 g/mol. The Morgan fingerprint density at radius 1 is 1.13 bits per heavy atom. The Balaban J connectivity index is 2.06. The molecule has 0 bridgehead atoms. The minimum absolute atomic E-state index is 0.280. The van der Waals surface area contributed by atoms with Gasteiger partial charge in [0.25, 0.3) is 0 Å². The van der Waals surface area contributed by atoms with E-state index in [1.807, 2.05) is 31.2 Å². The summed E-state index contributed by atoms with van der Waals surface area (Å²) < 4.78 is 10.6. The number of carbonyl (C=O) groups excluding carboxylic acids is 1. The third-order valence-electron chi connectivity index (χ3n) is 4.43. The average molecular weight is 338 g/mol. The lowest BCUT2D eigenvalue weighted by Crippen LogP contribution is -2.29. The molecule has 1 amide bonds. The normalized spacial score (nSPS) is 11.6. The van der Waals surface area contributed by atoms with Crippen LogP contribution in [0.5, 0.6) is 0 Å². The lowest BCUT2D eigenvalue weighted by molar-refractivity contribution is 0.0784. The van der Waals surface area contributed by atoms with E-state index in [-0.39, 0.29) is 6.61 Å². The van der Waals surface area contributed by atoms with Gasteiger partial charge in [-0.2, -0.15) is 0 Å². The lowest BCUT2D eigenvalue weighted by atomic mass is 10.2. The standard InChI is InChI=1S/C18H31NO3Si/c1-15(2)23(4,5)14-6-11-21-12-13-22-18(20)19-17-9-7-16(3)8-10-17/h7-10,15H,6,11-14H2,1-5H3,(H,19,20). The quantitative estimate of drug-likeness (QED) is 0.505. The summed E-state index contributed by atoms with van der Waals surface area (Å²) in [6, 6.07) is 8.88. The van der Waals surface area contributed by atoms with Gasteiger partial charge in [-0.15, -0.1) is 0 Å². The summed E-state index contributed by atoms with van der Waals surface area (Å²) in [5.41, 5.74) is 2.69. The van der Waals surface area contributed by atoms with Crippen LogP contribution in [-0.4, -0.2) is 34.0 Å². The van der Waals surface area contributed by atoms with Crippen LogP contribution in [0.2, 0.25) is 24.7 Å². The van der Waals surface area contributed by atoms with Crippen LogP contribution in [-0.2, 0) is 9.47 Å². The van der Waals surface area contributed by atoms with Crippen LogP contribution in [0.3, 0.4) is 0 Å². The molecule has 4 nitrogen and oxygen atoms in total. The Hall–Kier alpha value is -1.33. The van der Waals surface area contributed by atoms with Crippen LogP contribution < -0.4 is 5.32 Å². The molecule has 0 aliphatic rings. The van der Waals surface area contributed by atoms with Crippen molar-refractivity contribution in [3.05, 3.63) is 29.8 Å². The van der Waals surface area contributed by atoms with Gasteiger partial charge in [-0.05, 0) is 25.5 Å². The number of nitrogens with one attached hydrogen (secondary N) is 1. The maximum Gasteiger partial charge on any atom is 0.411 e. The van der Waals surface area contributed by atoms with Gasteiger partial charge in [0.1, 0.15) is 6.61 Å². The minimum Gasteiger partial charge on any atom is -0.447 e. The van der Waals surface area contributed by atoms with E-state index in [0.717, 1.165) is 29.8 Å². The predicted molar refractivity (Wildman–Crippen MR) is 99.0 cm³/mol. The van der Waals surface area contributed by atoms with Crippen molar-refractivity contribution in [3.63, 3.8) is 0 Å². The van der Waals surface area contributed by atoms with E-state index < -0.39 is 14.2 Å². The van der Waals surface area contributed by atoms with Gasteiger partial charge in [0.05, 0.1) is 6.61 Å². The molecule has 1 rings (SSSR count). The number of amides is 1. The largest absolute Gasteiger partial charge is 0.447 e. The molecule has 0 fully saturated rings. The number of carbonyl (C=O) groups is 1. The summed E-state index contributed by atoms with van der Waals surface area (Å²) >= 11 is 0. The molecule has 5 heteroatoms. The third-order valence-corrected chi connectivity index (χ3v) is 9.20. The molecule has 1 N–H and O–H groups in total. The zero-order valence-electron chi connectivity index (χ0n) is 15.1. The van der Waals surface area contributed by atoms with E-state index in [4.69, 9.17) is 9.47 Å². The molecule has 0 heterocycles. The zero-order chi connectivity index (χ0) is 17.3. The van der Waals surface area contributed by atoms with Crippen molar-refractivity contribution in [2.75, 3.05) is 25.1 Å². The molecule has 0 unspecified atom stereocenters. The first-order chi connectivity index (χ1) is 10.8. The Kier molecular flexibility index (Phi) is 8.34. The van der Waals surface area contributed by atoms with Crippen molar-refractivity contribution in [1.29, 1.82) is 0 Å². The summed E-state index contributed by atoms with van der Waals surface area (Å²) in [6.45, 7) is 13.0. The molecular formula is C18H31NO3Si. The van der Waals surface area contributed by atoms with Crippen LogP contribution in [0.15, 0.2) is 24.3 Å². The average Bonchev–Trinajstić information content (AvgIpc) is 2.48. The molecule has 0 radical (unpaired) electrons. The zero-order valence-corrected chi connectivity index (χ0v) is 16.1. The van der Waals surface area contributed by atoms with E-state index >= 15 is 0 Å². The second-order valence-electron chi connectivity index (χ2n) is 6.99. The number of hydrogen-bond donors (Lipinski definition) is 1. The van der Waals surface area contributed by atoms with Gasteiger partial charge in [0, 0.05) is 20.4 Å². The molecule has 0 saturated heterocycles. The molecule has 0 spiro atoms. The molecule has 0 aromatic heterocycles. The fourth-order valence-corrected chi connectivity index (χ4v) is 3.64. The number of rotatable bonds is 9. The van der Waals surface area contributed by atoms with E-state index in [1.54, 1.807) is 0 Å². The highest BCUT2D eigenvalue weighted by Crippen LogP contribution is 2.25. The van der Waals surface area contributed by atoms with Gasteiger partial charge in [0.15, 0.2) is 0 Å². The highest BCUT2D eigenvalue weighted by atomic mass is 28.3. The molecule has 130 valence electrons. The minimum atomic E-state index is -1.09. The second-order valence-corrected chi connectivity index (χ2v) is 12.6. The highest BCUT2D eigenvalue weighted by molar-refractivity contribution is 6.78. The van der Waals surface area contributed by atoms with E-state index in [2.05, 4.69) is 32.3 Å². The Morgan fingerprint density at radius 2 is 1.78 bits per heavy atom. The Morgan fingerprint density at radius 3 is 2.39 bits per heavy atom. The maximum atomic E-state index is 11.6. The van der Waals surface area contributed by atoms with Crippen LogP contribution in [0.4, 0.5) is 10.5 Å². The fourth-order valence-electron chi connectivity index (χ4n) is 2.00. The topological polar surface area (TPSA) is 47.6 Å². The summed E-state index contributed by atoms with van der Waals surface area (Å²) in [4.78, 5) is 11.6. The van der Waals surface area contributed by atoms with Crippen molar-refractivity contribution >= 4 is 19.9 Å². The van der Waals surface area contributed by atoms with Gasteiger partial charge < -0.3 is 9.47 Å². The SMILES string of the molecule is Cc1ccc(NC(=O)OCCOCCC[Si](C)(C)C(C)C)cc1. The predicted octanol–water partition coefficient (Wildman–Crippen LogP) is 5.07. The molecule has 0 saturated carbocycles. The van der Waals surface area contributed by atoms with E-state index in [0.29, 0.717) is 6.61 Å². The molecule has 0 atom stereocenters. The van der Waals surface area contributed by atoms with Crippen LogP contribution in [0.25, 0.3) is 0 Å². The van der Waals surface area contributed by atoms with Crippen molar-refractivity contribution in [2.24, 2.45) is 0 Å². The molecule has 0 aliphatic heterocycles. The molecule has 0 aliphatic carbocycles. The fraction of sp³-hybridized carbons (Fsp3) is 0.611. The van der Waals surface area contributed by atoms with Crippen molar-refractivity contribution in [3.8, 4) is 0 Å². The van der Waals surface area contributed by atoms with E-state index in [1.165, 1.54) is 6.04 Å². The Labute approximate surface area is 141 Å². The summed E-state index contributed by atoms with van der Waals surface area (Å²) in [5.74, 6) is 0. The number of ether oxygens (including phenoxy) is 2. The summed E-state index contributed by atoms with van der Waals surface area (Å²) in [5, 5.41) is 2.69. The van der Waals surface area contributed by atoms with Gasteiger partial charge in [-0.25, -0.2) is 4.79 Å². The summed E-state index contributed by atoms with van der Waals surface area (Å²) in [6.07, 6.45) is 0.651. The van der Waals surface area contributed by atoms with Crippen LogP contribution in [0, 0.1) is 6.92 Å². The first-order valence-corrected chi connectivity index (χ1v) is 11.7. The third kappa shape index (κ3) is 8.18. The summed E-state index contributed by atoms with van der Waals surface area (Å²) in [7, 11) is -1.09. The van der Waals surface area contributed by atoms with Crippen molar-refractivity contribution in [1.82, 2.24) is 0 Å². The van der Waals surface area contributed by atoms with Crippen molar-refractivity contribution < 1.29 is 14.3 Å². The van der Waals surface area contributed by atoms with Gasteiger partial charge >= 0.3 is 6.09 Å². The highest BCUT2D eigenvalue weighted by Gasteiger charge is 2.23. The van der Waals surface area contributed by atoms with Gasteiger partial charge in [0.2, 0.25) is 0 Å². The molecule has 1 aromatic carbocycles. The number of benzene rings is 1. The molecule has 23 heavy (non-hydrogen) atoms. The van der Waals surface area contributed by atoms with Crippen LogP contribution in [0.1, 0.15) is 25.8 Å². The Bertz CT molecular complexity index is 472. The molecule has 1 aromatic rings. The monoisotopic (exact) mass is 337 g/mol. The number of anilines is 1. The smallest absolute Gasteiger partial charge is 0.411 e. The van der Waals surface area contributed by atoms with Gasteiger partial charge in [-0.1, -0.05) is 56.2 Å². The maximum absolute atomic E-state index is 11.6. The van der Waals surface area contributed by atoms with Gasteiger partial charge in [-0.3, -0.25) is 5.32 Å². The number of hydrogen-bond acceptors (Lipinski definition) is 3. The first-order valence-electron chi connectivity index (χ1n) is 8.39.